The molecule has 8 heteroatoms. The maximum Gasteiger partial charge on any atom is 0.237 e. The highest BCUT2D eigenvalue weighted by molar-refractivity contribution is 7.99. The van der Waals surface area contributed by atoms with E-state index in [1.165, 1.54) is 18.2 Å². The van der Waals surface area contributed by atoms with Crippen LogP contribution in [-0.2, 0) is 4.79 Å². The van der Waals surface area contributed by atoms with Crippen molar-refractivity contribution in [3.05, 3.63) is 36.1 Å². The lowest BCUT2D eigenvalue weighted by Gasteiger charge is -2.20. The van der Waals surface area contributed by atoms with Gasteiger partial charge in [-0.25, -0.2) is 14.4 Å². The molecule has 1 aromatic heterocycles. The zero-order valence-corrected chi connectivity index (χ0v) is 12.8. The first-order valence-corrected chi connectivity index (χ1v) is 7.57. The third kappa shape index (κ3) is 4.08. The van der Waals surface area contributed by atoms with Crippen LogP contribution in [0.1, 0.15) is 6.92 Å². The molecular weight excluding hydrogens is 305 g/mol. The van der Waals surface area contributed by atoms with Crippen LogP contribution in [0, 0.1) is 5.82 Å². The van der Waals surface area contributed by atoms with Crippen LogP contribution < -0.4 is 16.4 Å². The molecule has 116 valence electrons. The summed E-state index contributed by atoms with van der Waals surface area (Å²) in [5.74, 6) is 0.171. The number of nitrogens with zero attached hydrogens (tertiary/aromatic N) is 3. The molecule has 0 fully saturated rings. The second-order valence-corrected chi connectivity index (χ2v) is 5.35. The summed E-state index contributed by atoms with van der Waals surface area (Å²) in [7, 11) is 0. The van der Waals surface area contributed by atoms with Crippen LogP contribution in [0.15, 0.2) is 35.5 Å². The fourth-order valence-electron chi connectivity index (χ4n) is 1.85. The Labute approximate surface area is 131 Å². The summed E-state index contributed by atoms with van der Waals surface area (Å²) in [5.41, 5.74) is 11.8. The Hall–Kier alpha value is -2.35. The highest BCUT2D eigenvalue weighted by Gasteiger charge is 2.15. The van der Waals surface area contributed by atoms with Gasteiger partial charge in [0.2, 0.25) is 5.91 Å². The normalized spacial score (nSPS) is 10.5. The number of halogens is 1. The summed E-state index contributed by atoms with van der Waals surface area (Å²) in [5, 5.41) is 0.348. The minimum Gasteiger partial charge on any atom is -0.383 e. The minimum atomic E-state index is -0.342. The predicted octanol–water partition coefficient (Wildman–Crippen LogP) is 1.93. The first-order valence-electron chi connectivity index (χ1n) is 6.58. The number of aromatic nitrogens is 2. The van der Waals surface area contributed by atoms with Crippen molar-refractivity contribution in [2.75, 3.05) is 28.7 Å². The molecule has 1 amide bonds. The molecule has 0 atom stereocenters. The van der Waals surface area contributed by atoms with Crippen molar-refractivity contribution in [3.8, 4) is 0 Å². The summed E-state index contributed by atoms with van der Waals surface area (Å²) in [4.78, 5) is 21.9. The smallest absolute Gasteiger partial charge is 0.237 e. The van der Waals surface area contributed by atoms with Crippen LogP contribution in [0.4, 0.5) is 21.7 Å². The molecule has 2 aromatic rings. The zero-order valence-electron chi connectivity index (χ0n) is 12.0. The Morgan fingerprint density at radius 1 is 1.23 bits per heavy atom. The summed E-state index contributed by atoms with van der Waals surface area (Å²) in [6.45, 7) is 2.33. The summed E-state index contributed by atoms with van der Waals surface area (Å²) in [6.07, 6.45) is 0. The maximum absolute atomic E-state index is 13.0. The zero-order chi connectivity index (χ0) is 16.1. The molecule has 0 saturated carbocycles. The fourth-order valence-corrected chi connectivity index (χ4v) is 2.60. The molecule has 0 saturated heterocycles. The van der Waals surface area contributed by atoms with E-state index < -0.39 is 0 Å². The maximum atomic E-state index is 13.0. The summed E-state index contributed by atoms with van der Waals surface area (Å²) >= 11 is 1.15. The molecule has 0 aliphatic rings. The topological polar surface area (TPSA) is 98.1 Å². The van der Waals surface area contributed by atoms with Gasteiger partial charge in [-0.1, -0.05) is 11.8 Å². The lowest BCUT2D eigenvalue weighted by molar-refractivity contribution is -0.116. The average molecular weight is 321 g/mol. The second-order valence-electron chi connectivity index (χ2n) is 4.40. The second kappa shape index (κ2) is 7.08. The van der Waals surface area contributed by atoms with E-state index in [-0.39, 0.29) is 29.1 Å². The van der Waals surface area contributed by atoms with E-state index in [1.54, 1.807) is 17.0 Å². The highest BCUT2D eigenvalue weighted by atomic mass is 32.2. The number of nitrogens with two attached hydrogens (primary N) is 2. The fraction of sp³-hybridized carbons (Fsp3) is 0.214. The minimum absolute atomic E-state index is 0.133. The van der Waals surface area contributed by atoms with Gasteiger partial charge in [0.15, 0.2) is 5.16 Å². The van der Waals surface area contributed by atoms with Crippen LogP contribution in [-0.4, -0.2) is 28.2 Å². The Bertz CT molecular complexity index is 645. The van der Waals surface area contributed by atoms with Crippen LogP contribution in [0.3, 0.4) is 0 Å². The number of amides is 1. The van der Waals surface area contributed by atoms with E-state index in [4.69, 9.17) is 11.5 Å². The standard InChI is InChI=1S/C14H16FN5OS/c1-2-20(10-5-3-9(15)4-6-10)13(21)8-22-14-18-11(16)7-12(17)19-14/h3-7H,2,8H2,1H3,(H4,16,17,18,19). The molecule has 0 aliphatic carbocycles. The number of hydrogen-bond acceptors (Lipinski definition) is 6. The van der Waals surface area contributed by atoms with Crippen molar-refractivity contribution < 1.29 is 9.18 Å². The number of carbonyl (C=O) groups excluding carboxylic acids is 1. The van der Waals surface area contributed by atoms with Gasteiger partial charge in [-0.15, -0.1) is 0 Å². The molecule has 0 aliphatic heterocycles. The molecule has 2 rings (SSSR count). The number of nitrogen functional groups attached to an aromatic ring is 2. The number of anilines is 3. The van der Waals surface area contributed by atoms with Crippen LogP contribution in [0.2, 0.25) is 0 Å². The number of carbonyl (C=O) groups is 1. The number of rotatable bonds is 5. The summed E-state index contributed by atoms with van der Waals surface area (Å²) in [6, 6.07) is 7.22. The van der Waals surface area contributed by atoms with Crippen molar-refractivity contribution >= 4 is 35.0 Å². The van der Waals surface area contributed by atoms with E-state index in [0.717, 1.165) is 11.8 Å². The van der Waals surface area contributed by atoms with E-state index >= 15 is 0 Å². The largest absolute Gasteiger partial charge is 0.383 e. The lowest BCUT2D eigenvalue weighted by atomic mass is 10.3. The van der Waals surface area contributed by atoms with Crippen molar-refractivity contribution in [2.45, 2.75) is 12.1 Å². The SMILES string of the molecule is CCN(C(=O)CSc1nc(N)cc(N)n1)c1ccc(F)cc1. The summed E-state index contributed by atoms with van der Waals surface area (Å²) < 4.78 is 13.0. The van der Waals surface area contributed by atoms with Gasteiger partial charge >= 0.3 is 0 Å². The lowest BCUT2D eigenvalue weighted by Crippen LogP contribution is -2.32. The molecular formula is C14H16FN5OS. The number of hydrogen-bond donors (Lipinski definition) is 2. The molecule has 0 bridgehead atoms. The first-order chi connectivity index (χ1) is 10.5. The van der Waals surface area contributed by atoms with Crippen molar-refractivity contribution in [2.24, 2.45) is 0 Å². The van der Waals surface area contributed by atoms with Gasteiger partial charge in [0, 0.05) is 18.3 Å². The van der Waals surface area contributed by atoms with Crippen molar-refractivity contribution in [3.63, 3.8) is 0 Å². The van der Waals surface area contributed by atoms with E-state index in [9.17, 15) is 9.18 Å². The van der Waals surface area contributed by atoms with Crippen molar-refractivity contribution in [1.29, 1.82) is 0 Å². The van der Waals surface area contributed by atoms with E-state index in [0.29, 0.717) is 17.4 Å². The van der Waals surface area contributed by atoms with Gasteiger partial charge in [0.1, 0.15) is 17.5 Å². The first kappa shape index (κ1) is 16.0. The number of thioether (sulfide) groups is 1. The van der Waals surface area contributed by atoms with Gasteiger partial charge in [-0.2, -0.15) is 0 Å². The average Bonchev–Trinajstić information content (AvgIpc) is 2.47. The third-order valence-corrected chi connectivity index (χ3v) is 3.66. The Morgan fingerprint density at radius 2 is 1.82 bits per heavy atom. The Morgan fingerprint density at radius 3 is 2.36 bits per heavy atom. The Kier molecular flexibility index (Phi) is 5.16. The molecule has 1 heterocycles. The molecule has 0 radical (unpaired) electrons. The molecule has 22 heavy (non-hydrogen) atoms. The van der Waals surface area contributed by atoms with Crippen LogP contribution in [0.5, 0.6) is 0 Å². The van der Waals surface area contributed by atoms with Crippen LogP contribution in [0.25, 0.3) is 0 Å². The monoisotopic (exact) mass is 321 g/mol. The highest BCUT2D eigenvalue weighted by Crippen LogP contribution is 2.20. The van der Waals surface area contributed by atoms with Crippen molar-refractivity contribution in [1.82, 2.24) is 9.97 Å². The van der Waals surface area contributed by atoms with E-state index in [2.05, 4.69) is 9.97 Å². The molecule has 0 spiro atoms. The number of benzene rings is 1. The quantitative estimate of drug-likeness (QED) is 0.645. The van der Waals surface area contributed by atoms with Gasteiger partial charge < -0.3 is 16.4 Å². The molecule has 6 nitrogen and oxygen atoms in total. The van der Waals surface area contributed by atoms with E-state index in [1.807, 2.05) is 6.92 Å². The van der Waals surface area contributed by atoms with Gasteiger partial charge in [-0.3, -0.25) is 4.79 Å². The van der Waals surface area contributed by atoms with Gasteiger partial charge in [0.05, 0.1) is 5.75 Å². The molecule has 0 unspecified atom stereocenters. The third-order valence-electron chi connectivity index (χ3n) is 2.83. The molecule has 1 aromatic carbocycles. The molecule has 4 N–H and O–H groups in total. The van der Waals surface area contributed by atoms with Crippen LogP contribution >= 0.6 is 11.8 Å². The predicted molar refractivity (Wildman–Crippen MR) is 86.0 cm³/mol. The van der Waals surface area contributed by atoms with Gasteiger partial charge in [0.25, 0.3) is 0 Å². The van der Waals surface area contributed by atoms with Gasteiger partial charge in [-0.05, 0) is 31.2 Å². The Balaban J connectivity index is 2.04.